The summed E-state index contributed by atoms with van der Waals surface area (Å²) in [6, 6.07) is 6.43. The van der Waals surface area contributed by atoms with Crippen molar-refractivity contribution in [3.63, 3.8) is 0 Å². The van der Waals surface area contributed by atoms with Crippen molar-refractivity contribution in [3.8, 4) is 0 Å². The monoisotopic (exact) mass is 249 g/mol. The number of halogens is 1. The van der Waals surface area contributed by atoms with Crippen LogP contribution in [-0.4, -0.2) is 24.3 Å². The van der Waals surface area contributed by atoms with Crippen LogP contribution < -0.4 is 5.32 Å². The number of hydrogen-bond acceptors (Lipinski definition) is 2. The van der Waals surface area contributed by atoms with Crippen LogP contribution in [0.25, 0.3) is 6.08 Å². The third kappa shape index (κ3) is 3.93. The zero-order chi connectivity index (χ0) is 12.8. The Morgan fingerprint density at radius 1 is 1.28 bits per heavy atom. The number of benzene rings is 1. The van der Waals surface area contributed by atoms with Gasteiger partial charge in [0, 0.05) is 13.1 Å². The summed E-state index contributed by atoms with van der Waals surface area (Å²) in [6.45, 7) is 1.65. The molecule has 2 N–H and O–H groups in total. The molecule has 2 rings (SSSR count). The van der Waals surface area contributed by atoms with Crippen LogP contribution in [0, 0.1) is 11.7 Å². The summed E-state index contributed by atoms with van der Waals surface area (Å²) in [7, 11) is 0. The van der Waals surface area contributed by atoms with E-state index in [0.29, 0.717) is 5.92 Å². The maximum Gasteiger partial charge on any atom is 0.123 e. The molecule has 0 saturated heterocycles. The standard InChI is InChI=1S/C15H20FNO/c16-14-8-6-12(7-9-14)3-2-10-17-11-13-4-1-5-15(13)18/h2-3,6-9,13,15,17-18H,1,4-5,10-11H2/b3-2+. The molecule has 0 aromatic heterocycles. The Kier molecular flexibility index (Phi) is 4.90. The van der Waals surface area contributed by atoms with Gasteiger partial charge in [0.2, 0.25) is 0 Å². The molecule has 2 unspecified atom stereocenters. The summed E-state index contributed by atoms with van der Waals surface area (Å²) in [4.78, 5) is 0. The number of hydrogen-bond donors (Lipinski definition) is 2. The molecular formula is C15H20FNO. The molecule has 1 fully saturated rings. The van der Waals surface area contributed by atoms with Gasteiger partial charge in [-0.1, -0.05) is 30.7 Å². The molecule has 0 heterocycles. The number of aliphatic hydroxyl groups is 1. The summed E-state index contributed by atoms with van der Waals surface area (Å²) in [5, 5.41) is 13.0. The van der Waals surface area contributed by atoms with Crippen LogP contribution in [0.2, 0.25) is 0 Å². The van der Waals surface area contributed by atoms with Crippen molar-refractivity contribution in [1.29, 1.82) is 0 Å². The van der Waals surface area contributed by atoms with Gasteiger partial charge in [-0.2, -0.15) is 0 Å². The zero-order valence-corrected chi connectivity index (χ0v) is 10.5. The van der Waals surface area contributed by atoms with Gasteiger partial charge in [-0.3, -0.25) is 0 Å². The molecule has 1 saturated carbocycles. The SMILES string of the molecule is OC1CCCC1CNC/C=C/c1ccc(F)cc1. The van der Waals surface area contributed by atoms with Crippen LogP contribution in [0.3, 0.4) is 0 Å². The van der Waals surface area contributed by atoms with Crippen molar-refractivity contribution in [1.82, 2.24) is 5.32 Å². The van der Waals surface area contributed by atoms with Crippen LogP contribution in [0.15, 0.2) is 30.3 Å². The summed E-state index contributed by atoms with van der Waals surface area (Å²) in [6.07, 6.45) is 7.07. The van der Waals surface area contributed by atoms with Crippen molar-refractivity contribution >= 4 is 6.08 Å². The lowest BCUT2D eigenvalue weighted by Crippen LogP contribution is -2.27. The minimum Gasteiger partial charge on any atom is -0.393 e. The molecule has 1 aromatic carbocycles. The van der Waals surface area contributed by atoms with E-state index in [1.807, 2.05) is 12.2 Å². The molecular weight excluding hydrogens is 229 g/mol. The minimum absolute atomic E-state index is 0.126. The molecule has 18 heavy (non-hydrogen) atoms. The maximum absolute atomic E-state index is 12.7. The minimum atomic E-state index is -0.208. The molecule has 2 atom stereocenters. The maximum atomic E-state index is 12.7. The highest BCUT2D eigenvalue weighted by Gasteiger charge is 2.24. The van der Waals surface area contributed by atoms with E-state index >= 15 is 0 Å². The second kappa shape index (κ2) is 6.66. The van der Waals surface area contributed by atoms with Gasteiger partial charge in [-0.05, 0) is 36.5 Å². The Morgan fingerprint density at radius 2 is 2.06 bits per heavy atom. The van der Waals surface area contributed by atoms with Crippen LogP contribution in [0.4, 0.5) is 4.39 Å². The third-order valence-electron chi connectivity index (χ3n) is 3.47. The van der Waals surface area contributed by atoms with Gasteiger partial charge in [0.1, 0.15) is 5.82 Å². The van der Waals surface area contributed by atoms with Crippen molar-refractivity contribution in [2.75, 3.05) is 13.1 Å². The lowest BCUT2D eigenvalue weighted by molar-refractivity contribution is 0.132. The first-order valence-corrected chi connectivity index (χ1v) is 6.56. The Morgan fingerprint density at radius 3 is 2.72 bits per heavy atom. The number of rotatable bonds is 5. The van der Waals surface area contributed by atoms with Gasteiger partial charge >= 0.3 is 0 Å². The predicted molar refractivity (Wildman–Crippen MR) is 71.7 cm³/mol. The molecule has 1 aliphatic carbocycles. The summed E-state index contributed by atoms with van der Waals surface area (Å²) in [5.41, 5.74) is 0.999. The summed E-state index contributed by atoms with van der Waals surface area (Å²) >= 11 is 0. The van der Waals surface area contributed by atoms with Crippen LogP contribution in [0.1, 0.15) is 24.8 Å². The Hall–Kier alpha value is -1.19. The van der Waals surface area contributed by atoms with Crippen molar-refractivity contribution < 1.29 is 9.50 Å². The molecule has 1 aromatic rings. The average molecular weight is 249 g/mol. The van der Waals surface area contributed by atoms with Crippen LogP contribution >= 0.6 is 0 Å². The number of nitrogens with one attached hydrogen (secondary N) is 1. The van der Waals surface area contributed by atoms with Crippen molar-refractivity contribution in [3.05, 3.63) is 41.7 Å². The van der Waals surface area contributed by atoms with E-state index in [0.717, 1.165) is 37.9 Å². The highest BCUT2D eigenvalue weighted by atomic mass is 19.1. The van der Waals surface area contributed by atoms with Crippen LogP contribution in [0.5, 0.6) is 0 Å². The van der Waals surface area contributed by atoms with E-state index in [-0.39, 0.29) is 11.9 Å². The number of aliphatic hydroxyl groups excluding tert-OH is 1. The molecule has 98 valence electrons. The largest absolute Gasteiger partial charge is 0.393 e. The second-order valence-corrected chi connectivity index (χ2v) is 4.87. The van der Waals surface area contributed by atoms with Gasteiger partial charge < -0.3 is 10.4 Å². The molecule has 0 aliphatic heterocycles. The summed E-state index contributed by atoms with van der Waals surface area (Å²) in [5.74, 6) is 0.199. The molecule has 0 amide bonds. The highest BCUT2D eigenvalue weighted by molar-refractivity contribution is 5.48. The predicted octanol–water partition coefficient (Wildman–Crippen LogP) is 2.59. The first-order valence-electron chi connectivity index (χ1n) is 6.56. The van der Waals surface area contributed by atoms with Gasteiger partial charge in [0.05, 0.1) is 6.10 Å². The molecule has 0 radical (unpaired) electrons. The van der Waals surface area contributed by atoms with Crippen molar-refractivity contribution in [2.24, 2.45) is 5.92 Å². The fourth-order valence-electron chi connectivity index (χ4n) is 2.38. The molecule has 0 spiro atoms. The van der Waals surface area contributed by atoms with E-state index in [4.69, 9.17) is 0 Å². The fourth-order valence-corrected chi connectivity index (χ4v) is 2.38. The molecule has 0 bridgehead atoms. The smallest absolute Gasteiger partial charge is 0.123 e. The Bertz CT molecular complexity index is 388. The summed E-state index contributed by atoms with van der Waals surface area (Å²) < 4.78 is 12.7. The van der Waals surface area contributed by atoms with E-state index in [1.54, 1.807) is 12.1 Å². The van der Waals surface area contributed by atoms with Crippen LogP contribution in [-0.2, 0) is 0 Å². The van der Waals surface area contributed by atoms with Gasteiger partial charge in [-0.25, -0.2) is 4.39 Å². The van der Waals surface area contributed by atoms with Gasteiger partial charge in [0.25, 0.3) is 0 Å². The molecule has 2 nitrogen and oxygen atoms in total. The Labute approximate surface area is 108 Å². The quantitative estimate of drug-likeness (QED) is 0.786. The lowest BCUT2D eigenvalue weighted by atomic mass is 10.1. The Balaban J connectivity index is 1.67. The van der Waals surface area contributed by atoms with Gasteiger partial charge in [0.15, 0.2) is 0 Å². The molecule has 1 aliphatic rings. The van der Waals surface area contributed by atoms with Gasteiger partial charge in [-0.15, -0.1) is 0 Å². The topological polar surface area (TPSA) is 32.3 Å². The third-order valence-corrected chi connectivity index (χ3v) is 3.47. The lowest BCUT2D eigenvalue weighted by Gasteiger charge is -2.13. The van der Waals surface area contributed by atoms with E-state index in [2.05, 4.69) is 5.32 Å². The molecule has 3 heteroatoms. The average Bonchev–Trinajstić information content (AvgIpc) is 2.77. The van der Waals surface area contributed by atoms with E-state index < -0.39 is 0 Å². The zero-order valence-electron chi connectivity index (χ0n) is 10.5. The fraction of sp³-hybridized carbons (Fsp3) is 0.467. The first kappa shape index (κ1) is 13.2. The van der Waals surface area contributed by atoms with E-state index in [1.165, 1.54) is 12.1 Å². The first-order chi connectivity index (χ1) is 8.75. The second-order valence-electron chi connectivity index (χ2n) is 4.87. The normalized spacial score (nSPS) is 23.9. The highest BCUT2D eigenvalue weighted by Crippen LogP contribution is 2.24. The van der Waals surface area contributed by atoms with Crippen molar-refractivity contribution in [2.45, 2.75) is 25.4 Å². The van der Waals surface area contributed by atoms with E-state index in [9.17, 15) is 9.50 Å².